The van der Waals surface area contributed by atoms with E-state index in [1.54, 1.807) is 7.11 Å². The Balaban J connectivity index is 2.34. The molecule has 1 fully saturated rings. The van der Waals surface area contributed by atoms with Crippen LogP contribution in [-0.4, -0.2) is 25.3 Å². The Hall–Kier alpha value is -1.06. The third kappa shape index (κ3) is 2.99. The van der Waals surface area contributed by atoms with Crippen LogP contribution >= 0.6 is 0 Å². The zero-order chi connectivity index (χ0) is 14.8. The van der Waals surface area contributed by atoms with Gasteiger partial charge < -0.3 is 15.2 Å². The lowest BCUT2D eigenvalue weighted by Gasteiger charge is -2.37. The molecule has 0 aliphatic carbocycles. The van der Waals surface area contributed by atoms with Crippen LogP contribution < -0.4 is 10.1 Å². The monoisotopic (exact) mass is 277 g/mol. The molecule has 1 aromatic rings. The van der Waals surface area contributed by atoms with Crippen molar-refractivity contribution in [3.8, 4) is 5.75 Å². The molecule has 3 nitrogen and oxygen atoms in total. The molecule has 0 saturated carbocycles. The fourth-order valence-electron chi connectivity index (χ4n) is 3.09. The maximum atomic E-state index is 11.0. The fourth-order valence-corrected chi connectivity index (χ4v) is 3.09. The minimum Gasteiger partial charge on any atom is -0.496 e. The summed E-state index contributed by atoms with van der Waals surface area (Å²) in [5.74, 6) is 1.55. The Kier molecular flexibility index (Phi) is 4.71. The molecule has 112 valence electrons. The van der Waals surface area contributed by atoms with E-state index in [4.69, 9.17) is 4.74 Å². The molecule has 0 amide bonds. The first-order chi connectivity index (χ1) is 9.46. The molecule has 2 rings (SSSR count). The molecule has 20 heavy (non-hydrogen) atoms. The van der Waals surface area contributed by atoms with Crippen molar-refractivity contribution >= 4 is 0 Å². The molecule has 1 unspecified atom stereocenters. The van der Waals surface area contributed by atoms with Crippen LogP contribution in [0, 0.1) is 5.92 Å². The maximum absolute atomic E-state index is 11.0. The van der Waals surface area contributed by atoms with Gasteiger partial charge >= 0.3 is 0 Å². The summed E-state index contributed by atoms with van der Waals surface area (Å²) in [4.78, 5) is 0. The van der Waals surface area contributed by atoms with Crippen molar-refractivity contribution in [1.29, 1.82) is 0 Å². The van der Waals surface area contributed by atoms with Gasteiger partial charge in [-0.3, -0.25) is 0 Å². The predicted molar refractivity (Wildman–Crippen MR) is 82.2 cm³/mol. The zero-order valence-electron chi connectivity index (χ0n) is 13.1. The molecule has 0 bridgehead atoms. The molecule has 2 N–H and O–H groups in total. The topological polar surface area (TPSA) is 41.5 Å². The molecular weight excluding hydrogens is 250 g/mol. The summed E-state index contributed by atoms with van der Waals surface area (Å²) in [7, 11) is 1.68. The van der Waals surface area contributed by atoms with Gasteiger partial charge in [-0.25, -0.2) is 0 Å². The van der Waals surface area contributed by atoms with Crippen LogP contribution in [0.4, 0.5) is 0 Å². The normalized spacial score (nSPS) is 19.9. The standard InChI is InChI=1S/C17H27NO2/c1-12(2)13-5-6-15(16(11-13)20-4)17(3,19)14-7-9-18-10-8-14/h5-6,11-12,14,18-19H,7-10H2,1-4H3. The number of piperidine rings is 1. The van der Waals surface area contributed by atoms with E-state index >= 15 is 0 Å². The van der Waals surface area contributed by atoms with Gasteiger partial charge in [-0.15, -0.1) is 0 Å². The summed E-state index contributed by atoms with van der Waals surface area (Å²) in [5, 5.41) is 14.4. The molecule has 1 aliphatic heterocycles. The van der Waals surface area contributed by atoms with E-state index in [9.17, 15) is 5.11 Å². The van der Waals surface area contributed by atoms with Crippen LogP contribution in [0.3, 0.4) is 0 Å². The summed E-state index contributed by atoms with van der Waals surface area (Å²) in [6.07, 6.45) is 2.00. The van der Waals surface area contributed by atoms with Gasteiger partial charge in [0.2, 0.25) is 0 Å². The lowest BCUT2D eigenvalue weighted by Crippen LogP contribution is -2.40. The Labute approximate surface area is 122 Å². The lowest BCUT2D eigenvalue weighted by atomic mass is 9.77. The second kappa shape index (κ2) is 6.15. The van der Waals surface area contributed by atoms with Crippen molar-refractivity contribution in [2.75, 3.05) is 20.2 Å². The second-order valence-electron chi connectivity index (χ2n) is 6.29. The van der Waals surface area contributed by atoms with E-state index in [0.29, 0.717) is 5.92 Å². The number of nitrogens with one attached hydrogen (secondary N) is 1. The fraction of sp³-hybridized carbons (Fsp3) is 0.647. The smallest absolute Gasteiger partial charge is 0.125 e. The average Bonchev–Trinajstić information content (AvgIpc) is 2.47. The lowest BCUT2D eigenvalue weighted by molar-refractivity contribution is -0.0203. The molecule has 0 radical (unpaired) electrons. The van der Waals surface area contributed by atoms with Crippen LogP contribution in [0.25, 0.3) is 0 Å². The van der Waals surface area contributed by atoms with Gasteiger partial charge in [-0.2, -0.15) is 0 Å². The number of rotatable bonds is 4. The van der Waals surface area contributed by atoms with E-state index in [1.807, 2.05) is 13.0 Å². The Morgan fingerprint density at radius 1 is 1.30 bits per heavy atom. The number of aliphatic hydroxyl groups is 1. The van der Waals surface area contributed by atoms with Crippen molar-refractivity contribution in [3.05, 3.63) is 29.3 Å². The van der Waals surface area contributed by atoms with Gasteiger partial charge in [-0.1, -0.05) is 26.0 Å². The van der Waals surface area contributed by atoms with E-state index in [1.165, 1.54) is 5.56 Å². The quantitative estimate of drug-likeness (QED) is 0.889. The number of hydrogen-bond acceptors (Lipinski definition) is 3. The second-order valence-corrected chi connectivity index (χ2v) is 6.29. The van der Waals surface area contributed by atoms with E-state index in [-0.39, 0.29) is 5.92 Å². The summed E-state index contributed by atoms with van der Waals surface area (Å²) in [6, 6.07) is 6.21. The molecule has 0 aromatic heterocycles. The number of hydrogen-bond donors (Lipinski definition) is 2. The minimum absolute atomic E-state index is 0.280. The molecule has 1 aliphatic rings. The van der Waals surface area contributed by atoms with Crippen molar-refractivity contribution in [1.82, 2.24) is 5.32 Å². The molecular formula is C17H27NO2. The predicted octanol–water partition coefficient (Wildman–Crippen LogP) is 3.03. The van der Waals surface area contributed by atoms with E-state index in [2.05, 4.69) is 31.3 Å². The zero-order valence-corrected chi connectivity index (χ0v) is 13.1. The van der Waals surface area contributed by atoms with Crippen LogP contribution in [-0.2, 0) is 5.60 Å². The van der Waals surface area contributed by atoms with Crippen molar-refractivity contribution in [2.24, 2.45) is 5.92 Å². The van der Waals surface area contributed by atoms with Crippen molar-refractivity contribution in [3.63, 3.8) is 0 Å². The summed E-state index contributed by atoms with van der Waals surface area (Å²) in [6.45, 7) is 8.22. The van der Waals surface area contributed by atoms with Gasteiger partial charge in [0.1, 0.15) is 5.75 Å². The first kappa shape index (κ1) is 15.3. The molecule has 1 saturated heterocycles. The van der Waals surface area contributed by atoms with Crippen molar-refractivity contribution in [2.45, 2.75) is 45.1 Å². The highest BCUT2D eigenvalue weighted by Crippen LogP contribution is 2.40. The Morgan fingerprint density at radius 3 is 2.50 bits per heavy atom. The van der Waals surface area contributed by atoms with Gasteiger partial charge in [0, 0.05) is 5.56 Å². The Bertz CT molecular complexity index is 448. The largest absolute Gasteiger partial charge is 0.496 e. The van der Waals surface area contributed by atoms with Crippen LogP contribution in [0.15, 0.2) is 18.2 Å². The highest BCUT2D eigenvalue weighted by atomic mass is 16.5. The molecule has 1 aromatic carbocycles. The number of methoxy groups -OCH3 is 1. The minimum atomic E-state index is -0.830. The first-order valence-corrected chi connectivity index (χ1v) is 7.58. The molecule has 3 heteroatoms. The SMILES string of the molecule is COc1cc(C(C)C)ccc1C(C)(O)C1CCNCC1. The highest BCUT2D eigenvalue weighted by Gasteiger charge is 2.36. The number of ether oxygens (including phenoxy) is 1. The third-order valence-corrected chi connectivity index (χ3v) is 4.57. The summed E-state index contributed by atoms with van der Waals surface area (Å²) >= 11 is 0. The van der Waals surface area contributed by atoms with Crippen LogP contribution in [0.2, 0.25) is 0 Å². The van der Waals surface area contributed by atoms with Gasteiger partial charge in [0.05, 0.1) is 12.7 Å². The van der Waals surface area contributed by atoms with Crippen molar-refractivity contribution < 1.29 is 9.84 Å². The van der Waals surface area contributed by atoms with Gasteiger partial charge in [-0.05, 0) is 56.3 Å². The molecule has 0 spiro atoms. The van der Waals surface area contributed by atoms with E-state index < -0.39 is 5.60 Å². The summed E-state index contributed by atoms with van der Waals surface area (Å²) < 4.78 is 5.54. The first-order valence-electron chi connectivity index (χ1n) is 7.58. The number of benzene rings is 1. The maximum Gasteiger partial charge on any atom is 0.125 e. The van der Waals surface area contributed by atoms with Crippen LogP contribution in [0.1, 0.15) is 50.7 Å². The Morgan fingerprint density at radius 2 is 1.95 bits per heavy atom. The van der Waals surface area contributed by atoms with Crippen LogP contribution in [0.5, 0.6) is 5.75 Å². The van der Waals surface area contributed by atoms with Gasteiger partial charge in [0.25, 0.3) is 0 Å². The average molecular weight is 277 g/mol. The molecule has 1 atom stereocenters. The third-order valence-electron chi connectivity index (χ3n) is 4.57. The summed E-state index contributed by atoms with van der Waals surface area (Å²) in [5.41, 5.74) is 1.33. The molecule has 1 heterocycles. The van der Waals surface area contributed by atoms with E-state index in [0.717, 1.165) is 37.2 Å². The highest BCUT2D eigenvalue weighted by molar-refractivity contribution is 5.42. The van der Waals surface area contributed by atoms with Gasteiger partial charge in [0.15, 0.2) is 0 Å².